The molecule has 5 heteroatoms. The van der Waals surface area contributed by atoms with Crippen LogP contribution in [0.3, 0.4) is 0 Å². The number of nitrogens with zero attached hydrogens (tertiary/aromatic N) is 2. The zero-order chi connectivity index (χ0) is 9.80. The lowest BCUT2D eigenvalue weighted by Gasteiger charge is -2.10. The molecule has 2 rings (SSSR count). The molecule has 0 amide bonds. The number of aromatic nitrogens is 2. The van der Waals surface area contributed by atoms with E-state index in [0.717, 1.165) is 19.4 Å². The zero-order valence-corrected chi connectivity index (χ0v) is 7.85. The molecule has 5 nitrogen and oxygen atoms in total. The Morgan fingerprint density at radius 3 is 3.29 bits per heavy atom. The summed E-state index contributed by atoms with van der Waals surface area (Å²) in [5, 5.41) is 0. The molecule has 1 fully saturated rings. The topological polar surface area (TPSA) is 70.3 Å². The molecule has 1 unspecified atom stereocenters. The number of hydrogen-bond acceptors (Lipinski definition) is 5. The van der Waals surface area contributed by atoms with Gasteiger partial charge in [-0.05, 0) is 12.8 Å². The van der Waals surface area contributed by atoms with Crippen molar-refractivity contribution in [3.8, 4) is 5.88 Å². The Morgan fingerprint density at radius 1 is 1.64 bits per heavy atom. The monoisotopic (exact) mass is 195 g/mol. The summed E-state index contributed by atoms with van der Waals surface area (Å²) in [6, 6.07) is 1.69. The predicted molar refractivity (Wildman–Crippen MR) is 50.9 cm³/mol. The predicted octanol–water partition coefficient (Wildman–Crippen LogP) is 0.617. The molecule has 0 saturated carbocycles. The first kappa shape index (κ1) is 9.21. The van der Waals surface area contributed by atoms with Crippen LogP contribution in [0.4, 0.5) is 5.95 Å². The minimum Gasteiger partial charge on any atom is -0.475 e. The summed E-state index contributed by atoms with van der Waals surface area (Å²) in [5.74, 6) is 0.739. The summed E-state index contributed by atoms with van der Waals surface area (Å²) >= 11 is 0. The Morgan fingerprint density at radius 2 is 2.57 bits per heavy atom. The second-order valence-electron chi connectivity index (χ2n) is 3.20. The minimum atomic E-state index is 0.200. The van der Waals surface area contributed by atoms with E-state index in [1.807, 2.05) is 0 Å². The Balaban J connectivity index is 1.85. The van der Waals surface area contributed by atoms with Crippen LogP contribution in [0, 0.1) is 0 Å². The van der Waals surface area contributed by atoms with Crippen molar-refractivity contribution >= 4 is 5.95 Å². The van der Waals surface area contributed by atoms with Crippen molar-refractivity contribution in [2.45, 2.75) is 18.9 Å². The molecular weight excluding hydrogens is 182 g/mol. The van der Waals surface area contributed by atoms with Crippen molar-refractivity contribution in [2.24, 2.45) is 0 Å². The molecule has 14 heavy (non-hydrogen) atoms. The van der Waals surface area contributed by atoms with E-state index in [1.165, 1.54) is 0 Å². The highest BCUT2D eigenvalue weighted by atomic mass is 16.5. The summed E-state index contributed by atoms with van der Waals surface area (Å²) < 4.78 is 10.8. The van der Waals surface area contributed by atoms with Crippen LogP contribution in [0.1, 0.15) is 12.8 Å². The number of ether oxygens (including phenoxy) is 2. The van der Waals surface area contributed by atoms with Gasteiger partial charge in [0, 0.05) is 18.9 Å². The first-order valence-corrected chi connectivity index (χ1v) is 4.67. The van der Waals surface area contributed by atoms with Crippen LogP contribution in [-0.2, 0) is 4.74 Å². The molecule has 1 aliphatic heterocycles. The molecule has 1 aromatic rings. The van der Waals surface area contributed by atoms with E-state index in [4.69, 9.17) is 15.2 Å². The van der Waals surface area contributed by atoms with Gasteiger partial charge in [0.25, 0.3) is 0 Å². The molecular formula is C9H13N3O2. The number of anilines is 1. The maximum absolute atomic E-state index is 5.41. The van der Waals surface area contributed by atoms with E-state index < -0.39 is 0 Å². The minimum absolute atomic E-state index is 0.200. The van der Waals surface area contributed by atoms with E-state index in [9.17, 15) is 0 Å². The molecule has 1 atom stereocenters. The maximum Gasteiger partial charge on any atom is 0.223 e. The lowest BCUT2D eigenvalue weighted by atomic mass is 10.2. The van der Waals surface area contributed by atoms with Gasteiger partial charge in [-0.1, -0.05) is 0 Å². The third-order valence-electron chi connectivity index (χ3n) is 2.09. The largest absolute Gasteiger partial charge is 0.475 e. The number of nitrogen functional groups attached to an aromatic ring is 1. The highest BCUT2D eigenvalue weighted by Crippen LogP contribution is 2.14. The van der Waals surface area contributed by atoms with Crippen LogP contribution in [-0.4, -0.2) is 29.3 Å². The second kappa shape index (κ2) is 4.23. The lowest BCUT2D eigenvalue weighted by Crippen LogP contribution is -2.16. The van der Waals surface area contributed by atoms with Gasteiger partial charge in [-0.15, -0.1) is 0 Å². The van der Waals surface area contributed by atoms with E-state index in [1.54, 1.807) is 12.3 Å². The van der Waals surface area contributed by atoms with Gasteiger partial charge in [0.15, 0.2) is 0 Å². The normalized spacial score (nSPS) is 21.0. The average molecular weight is 195 g/mol. The Bertz CT molecular complexity index is 300. The summed E-state index contributed by atoms with van der Waals surface area (Å²) in [5.41, 5.74) is 5.41. The van der Waals surface area contributed by atoms with E-state index in [-0.39, 0.29) is 12.1 Å². The lowest BCUT2D eigenvalue weighted by molar-refractivity contribution is 0.0663. The van der Waals surface area contributed by atoms with Gasteiger partial charge in [0.1, 0.15) is 6.61 Å². The van der Waals surface area contributed by atoms with Crippen LogP contribution in [0.25, 0.3) is 0 Å². The summed E-state index contributed by atoms with van der Waals surface area (Å²) in [4.78, 5) is 7.70. The van der Waals surface area contributed by atoms with Crippen LogP contribution in [0.5, 0.6) is 5.88 Å². The van der Waals surface area contributed by atoms with Crippen molar-refractivity contribution in [1.29, 1.82) is 0 Å². The summed E-state index contributed by atoms with van der Waals surface area (Å²) in [7, 11) is 0. The van der Waals surface area contributed by atoms with Gasteiger partial charge in [-0.3, -0.25) is 0 Å². The zero-order valence-electron chi connectivity index (χ0n) is 7.85. The van der Waals surface area contributed by atoms with Crippen molar-refractivity contribution < 1.29 is 9.47 Å². The van der Waals surface area contributed by atoms with Gasteiger partial charge in [0.2, 0.25) is 11.8 Å². The molecule has 1 saturated heterocycles. The van der Waals surface area contributed by atoms with Crippen LogP contribution < -0.4 is 10.5 Å². The van der Waals surface area contributed by atoms with Gasteiger partial charge in [0.05, 0.1) is 6.10 Å². The third kappa shape index (κ3) is 2.32. The first-order chi connectivity index (χ1) is 6.84. The van der Waals surface area contributed by atoms with Crippen molar-refractivity contribution in [1.82, 2.24) is 9.97 Å². The Hall–Kier alpha value is -1.36. The fourth-order valence-electron chi connectivity index (χ4n) is 1.39. The summed E-state index contributed by atoms with van der Waals surface area (Å²) in [6.07, 6.45) is 3.94. The molecule has 0 radical (unpaired) electrons. The fourth-order valence-corrected chi connectivity index (χ4v) is 1.39. The van der Waals surface area contributed by atoms with Gasteiger partial charge in [-0.2, -0.15) is 4.98 Å². The molecule has 0 spiro atoms. The molecule has 76 valence electrons. The highest BCUT2D eigenvalue weighted by Gasteiger charge is 2.16. The molecule has 1 aliphatic rings. The second-order valence-corrected chi connectivity index (χ2v) is 3.20. The fraction of sp³-hybridized carbons (Fsp3) is 0.556. The van der Waals surface area contributed by atoms with E-state index >= 15 is 0 Å². The average Bonchev–Trinajstić information content (AvgIpc) is 2.67. The SMILES string of the molecule is Nc1nccc(OCC2CCCO2)n1. The van der Waals surface area contributed by atoms with E-state index in [2.05, 4.69) is 9.97 Å². The standard InChI is InChI=1S/C9H13N3O2/c10-9-11-4-3-8(12-9)14-6-7-2-1-5-13-7/h3-4,7H,1-2,5-6H2,(H2,10,11,12). The van der Waals surface area contributed by atoms with Crippen molar-refractivity contribution in [3.05, 3.63) is 12.3 Å². The van der Waals surface area contributed by atoms with Crippen LogP contribution in [0.15, 0.2) is 12.3 Å². The molecule has 0 aliphatic carbocycles. The highest BCUT2D eigenvalue weighted by molar-refractivity contribution is 5.20. The Kier molecular flexibility index (Phi) is 2.78. The molecule has 2 N–H and O–H groups in total. The van der Waals surface area contributed by atoms with Gasteiger partial charge < -0.3 is 15.2 Å². The molecule has 0 aromatic carbocycles. The van der Waals surface area contributed by atoms with Crippen molar-refractivity contribution in [3.63, 3.8) is 0 Å². The van der Waals surface area contributed by atoms with E-state index in [0.29, 0.717) is 12.5 Å². The maximum atomic E-state index is 5.41. The molecule has 1 aromatic heterocycles. The number of rotatable bonds is 3. The number of nitrogens with two attached hydrogens (primary N) is 1. The third-order valence-corrected chi connectivity index (χ3v) is 2.09. The van der Waals surface area contributed by atoms with Gasteiger partial charge >= 0.3 is 0 Å². The van der Waals surface area contributed by atoms with Gasteiger partial charge in [-0.25, -0.2) is 4.98 Å². The molecule has 0 bridgehead atoms. The van der Waals surface area contributed by atoms with Crippen LogP contribution in [0.2, 0.25) is 0 Å². The smallest absolute Gasteiger partial charge is 0.223 e. The number of hydrogen-bond donors (Lipinski definition) is 1. The first-order valence-electron chi connectivity index (χ1n) is 4.67. The Labute approximate surface area is 82.3 Å². The summed E-state index contributed by atoms with van der Waals surface area (Å²) in [6.45, 7) is 1.37. The van der Waals surface area contributed by atoms with Crippen LogP contribution >= 0.6 is 0 Å². The molecule has 2 heterocycles. The quantitative estimate of drug-likeness (QED) is 0.765. The van der Waals surface area contributed by atoms with Crippen molar-refractivity contribution in [2.75, 3.05) is 18.9 Å².